The number of hydrogen-bond acceptors (Lipinski definition) is 8. The molecule has 470 valence electrons. The van der Waals surface area contributed by atoms with Crippen LogP contribution in [0.25, 0.3) is 99.9 Å². The van der Waals surface area contributed by atoms with E-state index in [9.17, 15) is 37.6 Å². The van der Waals surface area contributed by atoms with Crippen molar-refractivity contribution in [2.24, 2.45) is 0 Å². The highest BCUT2D eigenvalue weighted by molar-refractivity contribution is 6.40. The summed E-state index contributed by atoms with van der Waals surface area (Å²) in [5.41, 5.74) is 7.27. The summed E-state index contributed by atoms with van der Waals surface area (Å²) in [5, 5.41) is 49.2. The number of fused-ring (bicyclic) bond motifs is 3. The second-order valence-corrected chi connectivity index (χ2v) is 24.9. The van der Waals surface area contributed by atoms with Crippen LogP contribution in [0.15, 0.2) is 170 Å². The van der Waals surface area contributed by atoms with E-state index in [1.807, 2.05) is 12.1 Å². The molecule has 23 heteroatoms. The first-order valence-corrected chi connectivity index (χ1v) is 31.7. The summed E-state index contributed by atoms with van der Waals surface area (Å²) in [4.78, 5) is 14.1. The van der Waals surface area contributed by atoms with Gasteiger partial charge in [0.1, 0.15) is 51.2 Å². The van der Waals surface area contributed by atoms with Crippen LogP contribution in [0, 0.1) is 44.7 Å². The van der Waals surface area contributed by atoms with Crippen LogP contribution >= 0.6 is 81.2 Å². The first-order chi connectivity index (χ1) is 44.8. The molecular weight excluding hydrogens is 1340 g/mol. The third kappa shape index (κ3) is 13.3. The fourth-order valence-corrected chi connectivity index (χ4v) is 13.9. The summed E-state index contributed by atoms with van der Waals surface area (Å²) in [6, 6.07) is 36.6. The van der Waals surface area contributed by atoms with Crippen LogP contribution < -0.4 is 24.8 Å². The van der Waals surface area contributed by atoms with Crippen molar-refractivity contribution < 1.29 is 36.1 Å². The maximum Gasteiger partial charge on any atom is 0.256 e. The van der Waals surface area contributed by atoms with Crippen molar-refractivity contribution in [3.8, 4) is 67.2 Å². The lowest BCUT2D eigenvalue weighted by atomic mass is 9.90. The third-order valence-corrected chi connectivity index (χ3v) is 18.6. The fraction of sp³-hybridized carbons (Fsp3) is 0.143. The van der Waals surface area contributed by atoms with E-state index < -0.39 is 34.6 Å². The monoisotopic (exact) mass is 1390 g/mol. The lowest BCUT2D eigenvalue weighted by Crippen LogP contribution is -2.30. The largest absolute Gasteiger partial charge is 0.618 e. The van der Waals surface area contributed by atoms with Crippen LogP contribution in [-0.4, -0.2) is 41.1 Å². The van der Waals surface area contributed by atoms with E-state index in [-0.39, 0.29) is 49.5 Å². The molecule has 6 aromatic heterocycles. The number of benzene rings is 6. The molecule has 0 radical (unpaired) electrons. The van der Waals surface area contributed by atoms with Gasteiger partial charge in [-0.05, 0) is 178 Å². The molecule has 2 N–H and O–H groups in total. The molecule has 0 saturated carbocycles. The van der Waals surface area contributed by atoms with Gasteiger partial charge in [0.05, 0.1) is 46.3 Å². The average Bonchev–Trinajstić information content (AvgIpc) is 0.794. The molecule has 2 aliphatic heterocycles. The summed E-state index contributed by atoms with van der Waals surface area (Å²) in [7, 11) is 0. The van der Waals surface area contributed by atoms with Crippen LogP contribution in [0.3, 0.4) is 0 Å². The maximum absolute atomic E-state index is 14.7. The van der Waals surface area contributed by atoms with E-state index in [4.69, 9.17) is 91.2 Å². The van der Waals surface area contributed by atoms with E-state index in [2.05, 4.69) is 15.6 Å². The Kier molecular flexibility index (Phi) is 19.5. The number of halogens is 12. The lowest BCUT2D eigenvalue weighted by Gasteiger charge is -2.23. The summed E-state index contributed by atoms with van der Waals surface area (Å²) in [5.74, 6) is -2.74. The van der Waals surface area contributed by atoms with Gasteiger partial charge in [0.25, 0.3) is 17.1 Å². The Morgan fingerprint density at radius 1 is 0.366 bits per heavy atom. The molecule has 6 aromatic carbocycles. The van der Waals surface area contributed by atoms with Crippen LogP contribution in [-0.2, 0) is 0 Å². The van der Waals surface area contributed by atoms with Gasteiger partial charge in [-0.1, -0.05) is 99.4 Å². The molecule has 2 aliphatic rings. The predicted molar refractivity (Wildman–Crippen MR) is 359 cm³/mol. The van der Waals surface area contributed by atoms with Gasteiger partial charge in [0, 0.05) is 80.5 Å². The Bertz CT molecular complexity index is 4640. The first-order valence-electron chi connectivity index (χ1n) is 29.1. The van der Waals surface area contributed by atoms with Crippen molar-refractivity contribution in [2.75, 3.05) is 26.2 Å². The zero-order valence-corrected chi connectivity index (χ0v) is 53.7. The second kappa shape index (κ2) is 27.9. The van der Waals surface area contributed by atoms with E-state index in [1.165, 1.54) is 61.1 Å². The number of nitrogens with one attached hydrogen (secondary N) is 2. The molecule has 8 heterocycles. The minimum absolute atomic E-state index is 0.0900. The van der Waals surface area contributed by atoms with Gasteiger partial charge in [0.15, 0.2) is 18.6 Å². The number of nitrogens with zero attached hydrogens (tertiary/aromatic N) is 6. The molecule has 12 aromatic rings. The van der Waals surface area contributed by atoms with E-state index >= 15 is 0 Å². The standard InChI is InChI=1S/C25H19Cl3FN3O.C25H19ClF3N3O.C20H10Cl3FN2O/c26-19-2-1-3-20(27)23(19)25-24-17(8-11-32(25)33)18(16-5-4-15(29)12-21(16)28)13-22(31-24)14-6-9-30-10-7-14;26-19-12-15(27)4-5-16(19)18-13-22(14-6-9-30-10-7-14)31-24-17(18)8-11-32(33)25(24)23-20(28)2-1-3-21(23)29;21-15-2-1-3-16(22)18(15)20-19-14(7-9-26(20)27)12(6-8-25-19)13-5-4-11(24)10-17(13)23/h2*1-5,8,11-14,30H,6-7,9-10H2;1-10H. The Morgan fingerprint density at radius 2 is 0.710 bits per heavy atom. The number of rotatable bonds is 8. The third-order valence-electron chi connectivity index (χ3n) is 16.4. The minimum atomic E-state index is -0.859. The highest BCUT2D eigenvalue weighted by Crippen LogP contribution is 2.44. The minimum Gasteiger partial charge on any atom is -0.618 e. The van der Waals surface area contributed by atoms with Gasteiger partial charge < -0.3 is 26.3 Å². The van der Waals surface area contributed by atoms with Crippen LogP contribution in [0.2, 0.25) is 35.2 Å². The number of hydrogen-bond donors (Lipinski definition) is 2. The average molecular weight is 1390 g/mol. The highest BCUT2D eigenvalue weighted by Gasteiger charge is 2.30. The SMILES string of the molecule is [O-][n+]1ccc2c(-c3ccc(F)cc3Cl)cc(C3CCNCC3)nc2c1-c1c(Cl)cccc1Cl.[O-][n+]1ccc2c(-c3ccc(F)cc3Cl)cc(C3CCNCC3)nc2c1-c1c(F)cccc1F.[O-][n+]1ccc2c(-c3ccc(F)cc3Cl)ccnc2c1-c1c(Cl)cccc1Cl. The first kappa shape index (κ1) is 65.1. The van der Waals surface area contributed by atoms with Crippen molar-refractivity contribution in [3.63, 3.8) is 0 Å². The quantitative estimate of drug-likeness (QED) is 0.0870. The molecule has 2 fully saturated rings. The van der Waals surface area contributed by atoms with E-state index in [1.54, 1.807) is 85.1 Å². The molecular formula is C70H48Cl7F5N8O3. The van der Waals surface area contributed by atoms with Crippen molar-refractivity contribution >= 4 is 114 Å². The lowest BCUT2D eigenvalue weighted by molar-refractivity contribution is -0.592. The topological polar surface area (TPSA) is 144 Å². The Hall–Kier alpha value is -8.00. The van der Waals surface area contributed by atoms with Crippen molar-refractivity contribution in [1.82, 2.24) is 25.6 Å². The van der Waals surface area contributed by atoms with E-state index in [0.29, 0.717) is 95.8 Å². The Balaban J connectivity index is 0.000000135. The zero-order chi connectivity index (χ0) is 65.4. The summed E-state index contributed by atoms with van der Waals surface area (Å²) >= 11 is 44.7. The van der Waals surface area contributed by atoms with Crippen molar-refractivity contribution in [2.45, 2.75) is 37.5 Å². The summed E-state index contributed by atoms with van der Waals surface area (Å²) in [6.45, 7) is 3.39. The van der Waals surface area contributed by atoms with Gasteiger partial charge in [-0.3, -0.25) is 0 Å². The second-order valence-electron chi connectivity index (χ2n) is 22.0. The maximum atomic E-state index is 14.7. The van der Waals surface area contributed by atoms with Gasteiger partial charge >= 0.3 is 0 Å². The van der Waals surface area contributed by atoms with Gasteiger partial charge in [-0.15, -0.1) is 0 Å². The van der Waals surface area contributed by atoms with Crippen LogP contribution in [0.1, 0.15) is 48.9 Å². The summed E-state index contributed by atoms with van der Waals surface area (Å²) in [6.07, 6.45) is 9.00. The fourth-order valence-electron chi connectivity index (χ4n) is 12.0. The molecule has 0 aliphatic carbocycles. The molecule has 93 heavy (non-hydrogen) atoms. The Morgan fingerprint density at radius 3 is 1.10 bits per heavy atom. The normalized spacial score (nSPS) is 13.6. The van der Waals surface area contributed by atoms with Gasteiger partial charge in [-0.2, -0.15) is 14.2 Å². The molecule has 0 unspecified atom stereocenters. The van der Waals surface area contributed by atoms with Gasteiger partial charge in [-0.25, -0.2) is 36.9 Å². The molecule has 0 spiro atoms. The molecule has 0 bridgehead atoms. The van der Waals surface area contributed by atoms with Crippen molar-refractivity contribution in [1.29, 1.82) is 0 Å². The highest BCUT2D eigenvalue weighted by atomic mass is 35.5. The van der Waals surface area contributed by atoms with Crippen LogP contribution in [0.4, 0.5) is 22.0 Å². The smallest absolute Gasteiger partial charge is 0.256 e. The van der Waals surface area contributed by atoms with E-state index in [0.717, 1.165) is 85.5 Å². The molecule has 0 atom stereocenters. The molecule has 11 nitrogen and oxygen atoms in total. The van der Waals surface area contributed by atoms with Gasteiger partial charge in [0.2, 0.25) is 0 Å². The van der Waals surface area contributed by atoms with Crippen molar-refractivity contribution in [3.05, 3.63) is 262 Å². The molecule has 2 saturated heterocycles. The van der Waals surface area contributed by atoms with Crippen LogP contribution in [0.5, 0.6) is 0 Å². The summed E-state index contributed by atoms with van der Waals surface area (Å²) < 4.78 is 72.3. The molecule has 14 rings (SSSR count). The number of piperidine rings is 2. The molecule has 0 amide bonds. The predicted octanol–water partition coefficient (Wildman–Crippen LogP) is 18.8. The Labute approximate surface area is 564 Å². The number of aromatic nitrogens is 6. The zero-order valence-electron chi connectivity index (χ0n) is 48.4. The number of pyridine rings is 6.